The van der Waals surface area contributed by atoms with Gasteiger partial charge in [0.1, 0.15) is 4.90 Å². The standard InChI is InChI=1S/C12H15ClN2O5S/c13-10-6-9(15(17)18)4-5-12(10)21(19,20)14-11-3-1-2-8(11)7-16/h4-6,8,11,14,16H,1-3,7H2. The van der Waals surface area contributed by atoms with Crippen molar-refractivity contribution in [1.82, 2.24) is 4.72 Å². The molecule has 2 rings (SSSR count). The number of non-ortho nitro benzene ring substituents is 1. The maximum absolute atomic E-state index is 12.3. The molecule has 1 saturated carbocycles. The molecule has 1 aliphatic carbocycles. The number of aliphatic hydroxyl groups excluding tert-OH is 1. The van der Waals surface area contributed by atoms with Crippen LogP contribution in [0, 0.1) is 16.0 Å². The monoisotopic (exact) mass is 334 g/mol. The average molecular weight is 335 g/mol. The molecule has 0 spiro atoms. The molecule has 9 heteroatoms. The van der Waals surface area contributed by atoms with E-state index in [1.807, 2.05) is 0 Å². The molecule has 0 aliphatic heterocycles. The fraction of sp³-hybridized carbons (Fsp3) is 0.500. The Morgan fingerprint density at radius 1 is 1.43 bits per heavy atom. The van der Waals surface area contributed by atoms with Crippen LogP contribution in [0.1, 0.15) is 19.3 Å². The van der Waals surface area contributed by atoms with Gasteiger partial charge in [-0.3, -0.25) is 10.1 Å². The first-order valence-electron chi connectivity index (χ1n) is 6.42. The van der Waals surface area contributed by atoms with Gasteiger partial charge in [0.05, 0.1) is 9.95 Å². The molecule has 0 saturated heterocycles. The van der Waals surface area contributed by atoms with Gasteiger partial charge in [-0.05, 0) is 24.8 Å². The Morgan fingerprint density at radius 3 is 2.71 bits per heavy atom. The number of nitro benzene ring substituents is 1. The lowest BCUT2D eigenvalue weighted by molar-refractivity contribution is -0.384. The average Bonchev–Trinajstić information content (AvgIpc) is 2.84. The molecule has 2 unspecified atom stereocenters. The predicted molar refractivity (Wildman–Crippen MR) is 76.6 cm³/mol. The van der Waals surface area contributed by atoms with E-state index in [1.165, 1.54) is 0 Å². The second-order valence-electron chi connectivity index (χ2n) is 4.97. The zero-order valence-corrected chi connectivity index (χ0v) is 12.6. The molecule has 0 amide bonds. The lowest BCUT2D eigenvalue weighted by Crippen LogP contribution is -2.38. The molecule has 0 bridgehead atoms. The summed E-state index contributed by atoms with van der Waals surface area (Å²) in [5.41, 5.74) is -0.270. The molecule has 0 heterocycles. The topological polar surface area (TPSA) is 110 Å². The Bertz CT molecular complexity index is 649. The van der Waals surface area contributed by atoms with Crippen molar-refractivity contribution in [3.05, 3.63) is 33.3 Å². The second kappa shape index (κ2) is 6.27. The number of halogens is 1. The third-order valence-electron chi connectivity index (χ3n) is 3.62. The Labute approximate surface area is 127 Å². The number of rotatable bonds is 5. The predicted octanol–water partition coefficient (Wildman–Crippen LogP) is 1.69. The Hall–Kier alpha value is -1.22. The first-order chi connectivity index (χ1) is 9.85. The van der Waals surface area contributed by atoms with Crippen molar-refractivity contribution in [1.29, 1.82) is 0 Å². The molecule has 7 nitrogen and oxygen atoms in total. The van der Waals surface area contributed by atoms with Crippen molar-refractivity contribution >= 4 is 27.3 Å². The molecule has 1 fully saturated rings. The van der Waals surface area contributed by atoms with Crippen molar-refractivity contribution in [3.63, 3.8) is 0 Å². The number of aliphatic hydroxyl groups is 1. The van der Waals surface area contributed by atoms with Crippen LogP contribution < -0.4 is 4.72 Å². The number of sulfonamides is 1. The third-order valence-corrected chi connectivity index (χ3v) is 5.59. The Morgan fingerprint density at radius 2 is 2.14 bits per heavy atom. The smallest absolute Gasteiger partial charge is 0.271 e. The Balaban J connectivity index is 2.25. The van der Waals surface area contributed by atoms with Gasteiger partial charge in [-0.25, -0.2) is 13.1 Å². The minimum absolute atomic E-state index is 0.0822. The fourth-order valence-electron chi connectivity index (χ4n) is 2.49. The van der Waals surface area contributed by atoms with Gasteiger partial charge in [0, 0.05) is 24.8 Å². The zero-order valence-electron chi connectivity index (χ0n) is 11.0. The summed E-state index contributed by atoms with van der Waals surface area (Å²) < 4.78 is 27.1. The van der Waals surface area contributed by atoms with Crippen LogP contribution in [0.15, 0.2) is 23.1 Å². The van der Waals surface area contributed by atoms with E-state index in [1.54, 1.807) is 0 Å². The largest absolute Gasteiger partial charge is 0.396 e. The highest BCUT2D eigenvalue weighted by molar-refractivity contribution is 7.89. The summed E-state index contributed by atoms with van der Waals surface area (Å²) >= 11 is 5.84. The molecule has 1 aliphatic rings. The van der Waals surface area contributed by atoms with Crippen LogP contribution in [0.2, 0.25) is 5.02 Å². The summed E-state index contributed by atoms with van der Waals surface area (Å²) in [5.74, 6) is -0.114. The second-order valence-corrected chi connectivity index (χ2v) is 7.06. The van der Waals surface area contributed by atoms with E-state index in [0.717, 1.165) is 31.0 Å². The van der Waals surface area contributed by atoms with Crippen LogP contribution in [0.25, 0.3) is 0 Å². The molecule has 1 aromatic carbocycles. The van der Waals surface area contributed by atoms with E-state index >= 15 is 0 Å². The number of nitro groups is 1. The normalized spacial score (nSPS) is 22.4. The van der Waals surface area contributed by atoms with Crippen molar-refractivity contribution in [2.45, 2.75) is 30.2 Å². The van der Waals surface area contributed by atoms with E-state index in [2.05, 4.69) is 4.72 Å². The van der Waals surface area contributed by atoms with Crippen LogP contribution >= 0.6 is 11.6 Å². The van der Waals surface area contributed by atoms with E-state index in [4.69, 9.17) is 11.6 Å². The van der Waals surface area contributed by atoms with Crippen molar-refractivity contribution in [2.24, 2.45) is 5.92 Å². The highest BCUT2D eigenvalue weighted by Crippen LogP contribution is 2.29. The molecule has 21 heavy (non-hydrogen) atoms. The summed E-state index contributed by atoms with van der Waals surface area (Å²) in [6.45, 7) is -0.0822. The summed E-state index contributed by atoms with van der Waals surface area (Å²) in [6, 6.07) is 2.88. The van der Waals surface area contributed by atoms with Gasteiger partial charge in [-0.2, -0.15) is 0 Å². The molecule has 116 valence electrons. The number of hydrogen-bond acceptors (Lipinski definition) is 5. The van der Waals surface area contributed by atoms with Crippen LogP contribution in [0.3, 0.4) is 0 Å². The molecular weight excluding hydrogens is 320 g/mol. The van der Waals surface area contributed by atoms with Gasteiger partial charge in [0.25, 0.3) is 5.69 Å². The van der Waals surface area contributed by atoms with Gasteiger partial charge in [-0.15, -0.1) is 0 Å². The van der Waals surface area contributed by atoms with E-state index in [0.29, 0.717) is 6.42 Å². The third kappa shape index (κ3) is 3.52. The number of nitrogens with one attached hydrogen (secondary N) is 1. The molecule has 2 N–H and O–H groups in total. The van der Waals surface area contributed by atoms with Gasteiger partial charge >= 0.3 is 0 Å². The molecule has 0 radical (unpaired) electrons. The first-order valence-corrected chi connectivity index (χ1v) is 8.28. The van der Waals surface area contributed by atoms with Gasteiger partial charge in [-0.1, -0.05) is 18.0 Å². The van der Waals surface area contributed by atoms with Gasteiger partial charge < -0.3 is 5.11 Å². The van der Waals surface area contributed by atoms with Crippen LogP contribution in [-0.4, -0.2) is 31.1 Å². The number of nitrogens with zero attached hydrogens (tertiary/aromatic N) is 1. The number of benzene rings is 1. The zero-order chi connectivity index (χ0) is 15.6. The molecule has 1 aromatic rings. The van der Waals surface area contributed by atoms with E-state index in [-0.39, 0.29) is 34.2 Å². The molecule has 0 aromatic heterocycles. The minimum Gasteiger partial charge on any atom is -0.396 e. The van der Waals surface area contributed by atoms with Crippen LogP contribution in [0.5, 0.6) is 0 Å². The summed E-state index contributed by atoms with van der Waals surface area (Å²) in [4.78, 5) is 9.79. The summed E-state index contributed by atoms with van der Waals surface area (Å²) in [7, 11) is -3.88. The van der Waals surface area contributed by atoms with Crippen molar-refractivity contribution < 1.29 is 18.4 Å². The highest BCUT2D eigenvalue weighted by atomic mass is 35.5. The molecule has 2 atom stereocenters. The van der Waals surface area contributed by atoms with E-state index in [9.17, 15) is 23.6 Å². The maximum Gasteiger partial charge on any atom is 0.271 e. The van der Waals surface area contributed by atoms with E-state index < -0.39 is 14.9 Å². The Kier molecular flexibility index (Phi) is 4.82. The lowest BCUT2D eigenvalue weighted by Gasteiger charge is -2.19. The quantitative estimate of drug-likeness (QED) is 0.629. The summed E-state index contributed by atoms with van der Waals surface area (Å²) in [5, 5.41) is 19.6. The van der Waals surface area contributed by atoms with Crippen LogP contribution in [0.4, 0.5) is 5.69 Å². The first kappa shape index (κ1) is 16.2. The SMILES string of the molecule is O=[N+]([O-])c1ccc(S(=O)(=O)NC2CCCC2CO)c(Cl)c1. The van der Waals surface area contributed by atoms with Crippen LogP contribution in [-0.2, 0) is 10.0 Å². The molecular formula is C12H15ClN2O5S. The van der Waals surface area contributed by atoms with Crippen molar-refractivity contribution in [3.8, 4) is 0 Å². The van der Waals surface area contributed by atoms with Gasteiger partial charge in [0.15, 0.2) is 0 Å². The maximum atomic E-state index is 12.3. The summed E-state index contributed by atoms with van der Waals surface area (Å²) in [6.07, 6.45) is 2.25. The lowest BCUT2D eigenvalue weighted by atomic mass is 10.1. The number of hydrogen-bond donors (Lipinski definition) is 2. The highest BCUT2D eigenvalue weighted by Gasteiger charge is 2.31. The van der Waals surface area contributed by atoms with Gasteiger partial charge in [0.2, 0.25) is 10.0 Å². The fourth-order valence-corrected chi connectivity index (χ4v) is 4.37. The minimum atomic E-state index is -3.88. The van der Waals surface area contributed by atoms with Crippen molar-refractivity contribution in [2.75, 3.05) is 6.61 Å².